The van der Waals surface area contributed by atoms with Crippen LogP contribution in [0.25, 0.3) is 0 Å². The molecule has 0 bridgehead atoms. The second kappa shape index (κ2) is 8.85. The molecule has 132 valence electrons. The summed E-state index contributed by atoms with van der Waals surface area (Å²) in [6, 6.07) is 6.07. The quantitative estimate of drug-likeness (QED) is 0.343. The average Bonchev–Trinajstić information content (AvgIpc) is 2.50. The number of hydrogen-bond donors (Lipinski definition) is 3. The van der Waals surface area contributed by atoms with Crippen molar-refractivity contribution in [3.8, 4) is 0 Å². The highest BCUT2D eigenvalue weighted by Gasteiger charge is 2.21. The van der Waals surface area contributed by atoms with Gasteiger partial charge in [-0.1, -0.05) is 0 Å². The largest absolute Gasteiger partial charge is 0.481 e. The molecule has 1 aromatic carbocycles. The van der Waals surface area contributed by atoms with E-state index in [0.717, 1.165) is 5.69 Å². The summed E-state index contributed by atoms with van der Waals surface area (Å²) in [6.45, 7) is 4.15. The van der Waals surface area contributed by atoms with Gasteiger partial charge in [0, 0.05) is 42.7 Å². The number of nitro groups is 1. The normalized spacial score (nSPS) is 10.9. The standard InChI is InChI=1S/C16H23N3O5/c1-16(2,10-9-15(21)22)18-14(20)4-3-11-17-12-5-7-13(8-6-12)19(23)24/h5-8,17H,3-4,9-11H2,1-2H3,(H,18,20)(H,21,22). The maximum atomic E-state index is 11.9. The number of amides is 1. The van der Waals surface area contributed by atoms with E-state index in [9.17, 15) is 19.7 Å². The van der Waals surface area contributed by atoms with Gasteiger partial charge in [0.15, 0.2) is 0 Å². The zero-order valence-electron chi connectivity index (χ0n) is 13.9. The molecule has 0 unspecified atom stereocenters. The van der Waals surface area contributed by atoms with E-state index in [-0.39, 0.29) is 18.0 Å². The smallest absolute Gasteiger partial charge is 0.303 e. The molecule has 0 saturated carbocycles. The van der Waals surface area contributed by atoms with E-state index < -0.39 is 16.4 Å². The first kappa shape index (κ1) is 19.4. The van der Waals surface area contributed by atoms with E-state index in [2.05, 4.69) is 10.6 Å². The summed E-state index contributed by atoms with van der Waals surface area (Å²) in [7, 11) is 0. The van der Waals surface area contributed by atoms with Crippen LogP contribution in [0.4, 0.5) is 11.4 Å². The molecule has 0 fully saturated rings. The summed E-state index contributed by atoms with van der Waals surface area (Å²) in [6.07, 6.45) is 1.29. The molecule has 0 aliphatic carbocycles. The van der Waals surface area contributed by atoms with Crippen LogP contribution in [0.1, 0.15) is 39.5 Å². The number of non-ortho nitro benzene ring substituents is 1. The van der Waals surface area contributed by atoms with Gasteiger partial charge in [0.2, 0.25) is 5.91 Å². The Bertz CT molecular complexity index is 584. The number of rotatable bonds is 10. The lowest BCUT2D eigenvalue weighted by Crippen LogP contribution is -2.43. The SMILES string of the molecule is CC(C)(CCC(=O)O)NC(=O)CCCNc1ccc([N+](=O)[O-])cc1. The lowest BCUT2D eigenvalue weighted by molar-refractivity contribution is -0.384. The van der Waals surface area contributed by atoms with Crippen LogP contribution in [-0.2, 0) is 9.59 Å². The van der Waals surface area contributed by atoms with Crippen molar-refractivity contribution in [2.75, 3.05) is 11.9 Å². The van der Waals surface area contributed by atoms with Crippen LogP contribution in [0.15, 0.2) is 24.3 Å². The van der Waals surface area contributed by atoms with Crippen LogP contribution in [0.5, 0.6) is 0 Å². The average molecular weight is 337 g/mol. The monoisotopic (exact) mass is 337 g/mol. The van der Waals surface area contributed by atoms with Gasteiger partial charge in [0.1, 0.15) is 0 Å². The Balaban J connectivity index is 2.27. The molecular weight excluding hydrogens is 314 g/mol. The zero-order chi connectivity index (χ0) is 18.2. The third-order valence-electron chi connectivity index (χ3n) is 3.43. The molecule has 1 rings (SSSR count). The number of carbonyl (C=O) groups excluding carboxylic acids is 1. The lowest BCUT2D eigenvalue weighted by atomic mass is 9.98. The van der Waals surface area contributed by atoms with Gasteiger partial charge in [-0.05, 0) is 38.8 Å². The highest BCUT2D eigenvalue weighted by molar-refractivity contribution is 5.76. The molecule has 0 aromatic heterocycles. The molecule has 0 aliphatic rings. The highest BCUT2D eigenvalue weighted by Crippen LogP contribution is 2.15. The van der Waals surface area contributed by atoms with Crippen molar-refractivity contribution in [2.45, 2.75) is 45.1 Å². The van der Waals surface area contributed by atoms with Crippen molar-refractivity contribution in [1.29, 1.82) is 0 Å². The van der Waals surface area contributed by atoms with Crippen LogP contribution in [0.3, 0.4) is 0 Å². The maximum absolute atomic E-state index is 11.9. The third-order valence-corrected chi connectivity index (χ3v) is 3.43. The molecule has 0 aliphatic heterocycles. The molecule has 0 spiro atoms. The summed E-state index contributed by atoms with van der Waals surface area (Å²) in [4.78, 5) is 32.5. The summed E-state index contributed by atoms with van der Waals surface area (Å²) in [5.74, 6) is -1.01. The molecule has 3 N–H and O–H groups in total. The fourth-order valence-electron chi connectivity index (χ4n) is 2.10. The van der Waals surface area contributed by atoms with Gasteiger partial charge in [0.05, 0.1) is 4.92 Å². The Labute approximate surface area is 140 Å². The minimum Gasteiger partial charge on any atom is -0.481 e. The van der Waals surface area contributed by atoms with Crippen molar-refractivity contribution in [1.82, 2.24) is 5.32 Å². The van der Waals surface area contributed by atoms with E-state index in [1.165, 1.54) is 12.1 Å². The first-order chi connectivity index (χ1) is 11.2. The minimum atomic E-state index is -0.885. The number of carboxylic acids is 1. The second-order valence-corrected chi connectivity index (χ2v) is 6.16. The van der Waals surface area contributed by atoms with Crippen LogP contribution in [0, 0.1) is 10.1 Å². The van der Waals surface area contributed by atoms with Gasteiger partial charge >= 0.3 is 5.97 Å². The number of aliphatic carboxylic acids is 1. The van der Waals surface area contributed by atoms with Crippen molar-refractivity contribution in [3.05, 3.63) is 34.4 Å². The fourth-order valence-corrected chi connectivity index (χ4v) is 2.10. The van der Waals surface area contributed by atoms with Gasteiger partial charge in [-0.15, -0.1) is 0 Å². The van der Waals surface area contributed by atoms with Gasteiger partial charge in [0.25, 0.3) is 5.69 Å². The van der Waals surface area contributed by atoms with E-state index in [0.29, 0.717) is 25.8 Å². The predicted octanol–water partition coefficient (Wildman–Crippen LogP) is 2.55. The van der Waals surface area contributed by atoms with E-state index in [1.54, 1.807) is 26.0 Å². The van der Waals surface area contributed by atoms with Gasteiger partial charge < -0.3 is 15.7 Å². The number of hydrogen-bond acceptors (Lipinski definition) is 5. The molecule has 0 atom stereocenters. The number of nitro benzene ring substituents is 1. The van der Waals surface area contributed by atoms with E-state index in [4.69, 9.17) is 5.11 Å². The van der Waals surface area contributed by atoms with Crippen LogP contribution < -0.4 is 10.6 Å². The zero-order valence-corrected chi connectivity index (χ0v) is 13.9. The van der Waals surface area contributed by atoms with E-state index >= 15 is 0 Å². The summed E-state index contributed by atoms with van der Waals surface area (Å²) in [5, 5.41) is 25.1. The van der Waals surface area contributed by atoms with Crippen molar-refractivity contribution in [3.63, 3.8) is 0 Å². The summed E-state index contributed by atoms with van der Waals surface area (Å²) >= 11 is 0. The number of nitrogens with zero attached hydrogens (tertiary/aromatic N) is 1. The number of carbonyl (C=O) groups is 2. The van der Waals surface area contributed by atoms with Crippen LogP contribution in [0.2, 0.25) is 0 Å². The van der Waals surface area contributed by atoms with Gasteiger partial charge in [-0.25, -0.2) is 0 Å². The third kappa shape index (κ3) is 7.57. The number of nitrogens with one attached hydrogen (secondary N) is 2. The Morgan fingerprint density at radius 3 is 2.38 bits per heavy atom. The van der Waals surface area contributed by atoms with Crippen LogP contribution >= 0.6 is 0 Å². The fraction of sp³-hybridized carbons (Fsp3) is 0.500. The second-order valence-electron chi connectivity index (χ2n) is 6.16. The van der Waals surface area contributed by atoms with Crippen molar-refractivity contribution in [2.24, 2.45) is 0 Å². The predicted molar refractivity (Wildman–Crippen MR) is 89.9 cm³/mol. The lowest BCUT2D eigenvalue weighted by Gasteiger charge is -2.25. The Morgan fingerprint density at radius 1 is 1.21 bits per heavy atom. The molecule has 0 heterocycles. The number of anilines is 1. The highest BCUT2D eigenvalue weighted by atomic mass is 16.6. The molecule has 0 saturated heterocycles. The Morgan fingerprint density at radius 2 is 1.83 bits per heavy atom. The van der Waals surface area contributed by atoms with E-state index in [1.807, 2.05) is 0 Å². The molecule has 1 amide bonds. The minimum absolute atomic E-state index is 0.00891. The molecule has 1 aromatic rings. The topological polar surface area (TPSA) is 122 Å². The van der Waals surface area contributed by atoms with Crippen molar-refractivity contribution >= 4 is 23.3 Å². The maximum Gasteiger partial charge on any atom is 0.303 e. The molecule has 8 heteroatoms. The van der Waals surface area contributed by atoms with Gasteiger partial charge in [-0.3, -0.25) is 19.7 Å². The summed E-state index contributed by atoms with van der Waals surface area (Å²) in [5.41, 5.74) is 0.229. The molecule has 8 nitrogen and oxygen atoms in total. The Kier molecular flexibility index (Phi) is 7.16. The van der Waals surface area contributed by atoms with Crippen LogP contribution in [-0.4, -0.2) is 34.0 Å². The first-order valence-corrected chi connectivity index (χ1v) is 7.71. The summed E-state index contributed by atoms with van der Waals surface area (Å²) < 4.78 is 0. The Hall–Kier alpha value is -2.64. The van der Waals surface area contributed by atoms with Gasteiger partial charge in [-0.2, -0.15) is 0 Å². The number of benzene rings is 1. The molecule has 0 radical (unpaired) electrons. The molecular formula is C16H23N3O5. The first-order valence-electron chi connectivity index (χ1n) is 7.71. The molecule has 24 heavy (non-hydrogen) atoms. The van der Waals surface area contributed by atoms with Crippen molar-refractivity contribution < 1.29 is 19.6 Å². The number of carboxylic acid groups (broad SMARTS) is 1.